The largest absolute Gasteiger partial charge is 0.301 e. The summed E-state index contributed by atoms with van der Waals surface area (Å²) >= 11 is 0. The maximum absolute atomic E-state index is 10.3. The first-order chi connectivity index (χ1) is 5.34. The van der Waals surface area contributed by atoms with Gasteiger partial charge in [-0.25, -0.2) is 5.11 Å². The van der Waals surface area contributed by atoms with Crippen molar-refractivity contribution in [2.75, 3.05) is 19.7 Å². The van der Waals surface area contributed by atoms with Crippen LogP contribution in [0.5, 0.6) is 0 Å². The first kappa shape index (κ1) is 9.01. The highest BCUT2D eigenvalue weighted by molar-refractivity contribution is 4.72. The van der Waals surface area contributed by atoms with Crippen LogP contribution in [0.4, 0.5) is 0 Å². The van der Waals surface area contributed by atoms with Crippen molar-refractivity contribution in [3.63, 3.8) is 0 Å². The number of hydrogen-bond donors (Lipinski definition) is 0. The molecule has 2 nitrogen and oxygen atoms in total. The van der Waals surface area contributed by atoms with Crippen LogP contribution in [0.1, 0.15) is 32.6 Å². The van der Waals surface area contributed by atoms with Gasteiger partial charge in [0.1, 0.15) is 0 Å². The quantitative estimate of drug-likeness (QED) is 0.609. The Balaban J connectivity index is 2.18. The van der Waals surface area contributed by atoms with E-state index in [9.17, 15) is 5.11 Å². The fourth-order valence-corrected chi connectivity index (χ4v) is 1.76. The van der Waals surface area contributed by atoms with Crippen LogP contribution in [-0.2, 0) is 5.11 Å². The molecule has 65 valence electrons. The van der Waals surface area contributed by atoms with Crippen molar-refractivity contribution in [3.05, 3.63) is 0 Å². The smallest absolute Gasteiger partial charge is 0.0834 e. The molecule has 1 heterocycles. The lowest BCUT2D eigenvalue weighted by Crippen LogP contribution is -2.38. The standard InChI is InChI=1S/C9H18NO/c1-9-5-2-3-6-10(9)7-4-8-11/h9H,2-8H2,1H3. The topological polar surface area (TPSA) is 23.1 Å². The summed E-state index contributed by atoms with van der Waals surface area (Å²) in [6.45, 7) is 4.58. The summed E-state index contributed by atoms with van der Waals surface area (Å²) < 4.78 is 0. The zero-order valence-electron chi connectivity index (χ0n) is 7.38. The number of nitrogens with zero attached hydrogens (tertiary/aromatic N) is 1. The normalized spacial score (nSPS) is 27.3. The van der Waals surface area contributed by atoms with Crippen LogP contribution in [0.2, 0.25) is 0 Å². The molecule has 0 aromatic carbocycles. The first-order valence-corrected chi connectivity index (χ1v) is 4.66. The summed E-state index contributed by atoms with van der Waals surface area (Å²) in [5.74, 6) is 0. The Kier molecular flexibility index (Phi) is 3.87. The van der Waals surface area contributed by atoms with Crippen LogP contribution in [-0.4, -0.2) is 30.6 Å². The summed E-state index contributed by atoms with van der Waals surface area (Å²) in [5.41, 5.74) is 0. The molecule has 0 N–H and O–H groups in total. The molecule has 0 aliphatic carbocycles. The van der Waals surface area contributed by atoms with Gasteiger partial charge in [-0.15, -0.1) is 0 Å². The van der Waals surface area contributed by atoms with Crippen molar-refractivity contribution in [1.29, 1.82) is 0 Å². The van der Waals surface area contributed by atoms with Crippen LogP contribution >= 0.6 is 0 Å². The van der Waals surface area contributed by atoms with Gasteiger partial charge < -0.3 is 4.90 Å². The molecule has 1 aliphatic rings. The van der Waals surface area contributed by atoms with Crippen LogP contribution in [0.15, 0.2) is 0 Å². The molecule has 0 bridgehead atoms. The number of rotatable bonds is 3. The molecule has 1 fully saturated rings. The van der Waals surface area contributed by atoms with E-state index in [1.807, 2.05) is 0 Å². The summed E-state index contributed by atoms with van der Waals surface area (Å²) in [6.07, 6.45) is 4.83. The monoisotopic (exact) mass is 156 g/mol. The van der Waals surface area contributed by atoms with E-state index in [1.54, 1.807) is 0 Å². The lowest BCUT2D eigenvalue weighted by atomic mass is 10.0. The number of hydrogen-bond acceptors (Lipinski definition) is 1. The molecule has 1 atom stereocenters. The Morgan fingerprint density at radius 1 is 1.45 bits per heavy atom. The van der Waals surface area contributed by atoms with Crippen LogP contribution in [0.25, 0.3) is 0 Å². The summed E-state index contributed by atoms with van der Waals surface area (Å²) in [6, 6.07) is 0.718. The van der Waals surface area contributed by atoms with E-state index in [4.69, 9.17) is 0 Å². The van der Waals surface area contributed by atoms with Gasteiger partial charge in [-0.1, -0.05) is 6.42 Å². The number of piperidine rings is 1. The summed E-state index contributed by atoms with van der Waals surface area (Å²) in [5, 5.41) is 10.3. The maximum atomic E-state index is 10.3. The van der Waals surface area contributed by atoms with E-state index in [2.05, 4.69) is 11.8 Å². The maximum Gasteiger partial charge on any atom is 0.0834 e. The molecule has 1 unspecified atom stereocenters. The Labute approximate surface area is 69.2 Å². The molecule has 1 rings (SSSR count). The molecule has 0 aromatic heterocycles. The highest BCUT2D eigenvalue weighted by Gasteiger charge is 2.16. The van der Waals surface area contributed by atoms with E-state index in [-0.39, 0.29) is 6.61 Å². The van der Waals surface area contributed by atoms with Gasteiger partial charge in [0.2, 0.25) is 0 Å². The van der Waals surface area contributed by atoms with Gasteiger partial charge in [-0.05, 0) is 32.7 Å². The van der Waals surface area contributed by atoms with Crippen LogP contribution < -0.4 is 0 Å². The van der Waals surface area contributed by atoms with Crippen molar-refractivity contribution in [1.82, 2.24) is 4.90 Å². The van der Waals surface area contributed by atoms with Gasteiger partial charge in [0.15, 0.2) is 0 Å². The minimum atomic E-state index is 0.0865. The molecule has 11 heavy (non-hydrogen) atoms. The minimum absolute atomic E-state index is 0.0865. The summed E-state index contributed by atoms with van der Waals surface area (Å²) in [4.78, 5) is 2.45. The van der Waals surface area contributed by atoms with E-state index in [0.717, 1.165) is 19.0 Å². The third-order valence-electron chi connectivity index (χ3n) is 2.53. The van der Waals surface area contributed by atoms with E-state index < -0.39 is 0 Å². The van der Waals surface area contributed by atoms with Crippen molar-refractivity contribution >= 4 is 0 Å². The average molecular weight is 156 g/mol. The van der Waals surface area contributed by atoms with Crippen LogP contribution in [0.3, 0.4) is 0 Å². The second-order valence-electron chi connectivity index (χ2n) is 3.44. The van der Waals surface area contributed by atoms with Gasteiger partial charge in [0, 0.05) is 12.6 Å². The molecule has 2 heteroatoms. The van der Waals surface area contributed by atoms with Gasteiger partial charge in [0.25, 0.3) is 0 Å². The molecule has 1 saturated heterocycles. The fourth-order valence-electron chi connectivity index (χ4n) is 1.76. The van der Waals surface area contributed by atoms with E-state index in [1.165, 1.54) is 25.8 Å². The van der Waals surface area contributed by atoms with Crippen LogP contribution in [0, 0.1) is 0 Å². The molecule has 0 saturated carbocycles. The second-order valence-corrected chi connectivity index (χ2v) is 3.44. The van der Waals surface area contributed by atoms with Crippen molar-refractivity contribution < 1.29 is 5.11 Å². The van der Waals surface area contributed by atoms with Crippen molar-refractivity contribution in [3.8, 4) is 0 Å². The number of likely N-dealkylation sites (tertiary alicyclic amines) is 1. The molecule has 1 aliphatic heterocycles. The minimum Gasteiger partial charge on any atom is -0.301 e. The Morgan fingerprint density at radius 2 is 2.27 bits per heavy atom. The van der Waals surface area contributed by atoms with E-state index >= 15 is 0 Å². The lowest BCUT2D eigenvalue weighted by molar-refractivity contribution is 0.126. The molecular weight excluding hydrogens is 138 g/mol. The van der Waals surface area contributed by atoms with Gasteiger partial charge in [0.05, 0.1) is 6.61 Å². The van der Waals surface area contributed by atoms with Crippen molar-refractivity contribution in [2.24, 2.45) is 0 Å². The second kappa shape index (κ2) is 4.73. The van der Waals surface area contributed by atoms with Crippen molar-refractivity contribution in [2.45, 2.75) is 38.6 Å². The fraction of sp³-hybridized carbons (Fsp3) is 1.00. The highest BCUT2D eigenvalue weighted by atomic mass is 16.3. The molecule has 0 aromatic rings. The average Bonchev–Trinajstić information content (AvgIpc) is 2.03. The third kappa shape index (κ3) is 2.80. The Bertz CT molecular complexity index is 106. The van der Waals surface area contributed by atoms with Gasteiger partial charge >= 0.3 is 0 Å². The summed E-state index contributed by atoms with van der Waals surface area (Å²) in [7, 11) is 0. The van der Waals surface area contributed by atoms with E-state index in [0.29, 0.717) is 0 Å². The predicted molar refractivity (Wildman–Crippen MR) is 45.1 cm³/mol. The predicted octanol–water partition coefficient (Wildman–Crippen LogP) is 1.68. The lowest BCUT2D eigenvalue weighted by Gasteiger charge is -2.32. The molecular formula is C9H18NO. The first-order valence-electron chi connectivity index (χ1n) is 4.66. The Morgan fingerprint density at radius 3 is 2.91 bits per heavy atom. The molecule has 1 radical (unpaired) electrons. The zero-order chi connectivity index (χ0) is 8.10. The van der Waals surface area contributed by atoms with Gasteiger partial charge in [-0.3, -0.25) is 0 Å². The SMILES string of the molecule is CC1CCCCN1CCC[O]. The Hall–Kier alpha value is -0.0800. The molecule has 0 spiro atoms. The van der Waals surface area contributed by atoms with Gasteiger partial charge in [-0.2, -0.15) is 0 Å². The zero-order valence-corrected chi connectivity index (χ0v) is 7.38. The highest BCUT2D eigenvalue weighted by Crippen LogP contribution is 2.15. The third-order valence-corrected chi connectivity index (χ3v) is 2.53. The molecule has 0 amide bonds.